The third kappa shape index (κ3) is 5.17. The Morgan fingerprint density at radius 1 is 1.27 bits per heavy atom. The number of rotatable bonds is 6. The van der Waals surface area contributed by atoms with E-state index < -0.39 is 5.97 Å². The Morgan fingerprint density at radius 2 is 1.87 bits per heavy atom. The number of carboxylic acids is 1. The summed E-state index contributed by atoms with van der Waals surface area (Å²) < 4.78 is 0. The Morgan fingerprint density at radius 3 is 2.40 bits per heavy atom. The predicted molar refractivity (Wildman–Crippen MR) is 60.9 cm³/mol. The molecular weight excluding hydrogens is 190 g/mol. The van der Waals surface area contributed by atoms with Crippen LogP contribution in [-0.2, 0) is 4.79 Å². The number of nitrogens with zero attached hydrogens (tertiary/aromatic N) is 1. The van der Waals surface area contributed by atoms with Gasteiger partial charge in [0.2, 0.25) is 0 Å². The first kappa shape index (κ1) is 12.5. The number of hydrogen-bond donors (Lipinski definition) is 1. The SMILES string of the molecule is CC(C)(CCC(=O)O)CCN1CCCC1. The van der Waals surface area contributed by atoms with Crippen LogP contribution < -0.4 is 0 Å². The first-order valence-corrected chi connectivity index (χ1v) is 5.94. The molecule has 0 saturated carbocycles. The van der Waals surface area contributed by atoms with Crippen molar-refractivity contribution in [2.75, 3.05) is 19.6 Å². The van der Waals surface area contributed by atoms with Crippen molar-refractivity contribution in [3.05, 3.63) is 0 Å². The van der Waals surface area contributed by atoms with Crippen LogP contribution in [0.25, 0.3) is 0 Å². The molecule has 88 valence electrons. The van der Waals surface area contributed by atoms with Crippen molar-refractivity contribution in [3.8, 4) is 0 Å². The van der Waals surface area contributed by atoms with Gasteiger partial charge in [-0.05, 0) is 50.7 Å². The lowest BCUT2D eigenvalue weighted by atomic mass is 9.84. The molecule has 0 radical (unpaired) electrons. The third-order valence-corrected chi connectivity index (χ3v) is 3.32. The highest BCUT2D eigenvalue weighted by atomic mass is 16.4. The molecule has 0 spiro atoms. The normalized spacial score (nSPS) is 18.3. The summed E-state index contributed by atoms with van der Waals surface area (Å²) in [4.78, 5) is 13.0. The minimum Gasteiger partial charge on any atom is -0.481 e. The van der Waals surface area contributed by atoms with Crippen LogP contribution in [0.3, 0.4) is 0 Å². The first-order chi connectivity index (χ1) is 6.99. The highest BCUT2D eigenvalue weighted by molar-refractivity contribution is 5.66. The summed E-state index contributed by atoms with van der Waals surface area (Å²) in [5.74, 6) is -0.677. The van der Waals surface area contributed by atoms with Gasteiger partial charge in [0.05, 0.1) is 0 Å². The maximum absolute atomic E-state index is 10.5. The molecule has 0 aromatic heterocycles. The van der Waals surface area contributed by atoms with Crippen LogP contribution in [-0.4, -0.2) is 35.6 Å². The number of hydrogen-bond acceptors (Lipinski definition) is 2. The fourth-order valence-corrected chi connectivity index (χ4v) is 2.04. The van der Waals surface area contributed by atoms with Gasteiger partial charge in [0.25, 0.3) is 0 Å². The molecule has 0 unspecified atom stereocenters. The lowest BCUT2D eigenvalue weighted by Gasteiger charge is -2.26. The molecule has 3 heteroatoms. The second kappa shape index (κ2) is 5.50. The van der Waals surface area contributed by atoms with Crippen molar-refractivity contribution in [3.63, 3.8) is 0 Å². The highest BCUT2D eigenvalue weighted by Gasteiger charge is 2.21. The minimum atomic E-state index is -0.677. The zero-order valence-corrected chi connectivity index (χ0v) is 9.96. The Balaban J connectivity index is 2.19. The minimum absolute atomic E-state index is 0.168. The van der Waals surface area contributed by atoms with E-state index in [4.69, 9.17) is 5.11 Å². The van der Waals surface area contributed by atoms with E-state index in [1.807, 2.05) is 0 Å². The van der Waals surface area contributed by atoms with E-state index >= 15 is 0 Å². The maximum atomic E-state index is 10.5. The van der Waals surface area contributed by atoms with Gasteiger partial charge >= 0.3 is 5.97 Å². The summed E-state index contributed by atoms with van der Waals surface area (Å²) in [6.45, 7) is 7.94. The molecule has 1 aliphatic heterocycles. The van der Waals surface area contributed by atoms with Gasteiger partial charge in [-0.25, -0.2) is 0 Å². The number of aliphatic carboxylic acids is 1. The molecule has 0 amide bonds. The van der Waals surface area contributed by atoms with Crippen LogP contribution >= 0.6 is 0 Å². The molecule has 3 nitrogen and oxygen atoms in total. The van der Waals surface area contributed by atoms with E-state index in [1.54, 1.807) is 0 Å². The van der Waals surface area contributed by atoms with Crippen molar-refractivity contribution >= 4 is 5.97 Å². The summed E-state index contributed by atoms with van der Waals surface area (Å²) in [5.41, 5.74) is 0.168. The van der Waals surface area contributed by atoms with E-state index in [9.17, 15) is 4.79 Å². The quantitative estimate of drug-likeness (QED) is 0.736. The number of carboxylic acid groups (broad SMARTS) is 1. The van der Waals surface area contributed by atoms with Crippen molar-refractivity contribution < 1.29 is 9.90 Å². The van der Waals surface area contributed by atoms with Crippen LogP contribution in [0.4, 0.5) is 0 Å². The van der Waals surface area contributed by atoms with E-state index in [0.717, 1.165) is 19.4 Å². The van der Waals surface area contributed by atoms with E-state index in [2.05, 4.69) is 18.7 Å². The Kier molecular flexibility index (Phi) is 4.58. The summed E-state index contributed by atoms with van der Waals surface area (Å²) >= 11 is 0. The molecule has 0 atom stereocenters. The first-order valence-electron chi connectivity index (χ1n) is 5.94. The largest absolute Gasteiger partial charge is 0.481 e. The highest BCUT2D eigenvalue weighted by Crippen LogP contribution is 2.27. The van der Waals surface area contributed by atoms with Crippen LogP contribution in [0.5, 0.6) is 0 Å². The summed E-state index contributed by atoms with van der Waals surface area (Å²) in [6.07, 6.45) is 4.86. The smallest absolute Gasteiger partial charge is 0.303 e. The van der Waals surface area contributed by atoms with Gasteiger partial charge in [-0.2, -0.15) is 0 Å². The van der Waals surface area contributed by atoms with Gasteiger partial charge in [0.15, 0.2) is 0 Å². The predicted octanol–water partition coefficient (Wildman–Crippen LogP) is 2.36. The van der Waals surface area contributed by atoms with Crippen molar-refractivity contribution in [1.29, 1.82) is 0 Å². The zero-order valence-electron chi connectivity index (χ0n) is 9.96. The monoisotopic (exact) mass is 213 g/mol. The Labute approximate surface area is 92.5 Å². The van der Waals surface area contributed by atoms with E-state index in [1.165, 1.54) is 25.9 Å². The second-order valence-corrected chi connectivity index (χ2v) is 5.36. The molecule has 1 saturated heterocycles. The topological polar surface area (TPSA) is 40.5 Å². The summed E-state index contributed by atoms with van der Waals surface area (Å²) in [7, 11) is 0. The van der Waals surface area contributed by atoms with Crippen LogP contribution in [0, 0.1) is 5.41 Å². The molecule has 1 fully saturated rings. The van der Waals surface area contributed by atoms with Crippen molar-refractivity contribution in [1.82, 2.24) is 4.90 Å². The fraction of sp³-hybridized carbons (Fsp3) is 0.917. The van der Waals surface area contributed by atoms with Crippen LogP contribution in [0.2, 0.25) is 0 Å². The van der Waals surface area contributed by atoms with Crippen molar-refractivity contribution in [2.24, 2.45) is 5.41 Å². The lowest BCUT2D eigenvalue weighted by molar-refractivity contribution is -0.137. The zero-order chi connectivity index (χ0) is 11.3. The summed E-state index contributed by atoms with van der Waals surface area (Å²) in [5, 5.41) is 8.65. The lowest BCUT2D eigenvalue weighted by Crippen LogP contribution is -2.26. The molecular formula is C12H23NO2. The third-order valence-electron chi connectivity index (χ3n) is 3.32. The fourth-order valence-electron chi connectivity index (χ4n) is 2.04. The van der Waals surface area contributed by atoms with Crippen LogP contribution in [0.1, 0.15) is 46.0 Å². The average Bonchev–Trinajstić information content (AvgIpc) is 2.65. The van der Waals surface area contributed by atoms with Gasteiger partial charge < -0.3 is 10.0 Å². The van der Waals surface area contributed by atoms with Crippen molar-refractivity contribution in [2.45, 2.75) is 46.0 Å². The maximum Gasteiger partial charge on any atom is 0.303 e. The second-order valence-electron chi connectivity index (χ2n) is 5.36. The molecule has 1 rings (SSSR count). The molecule has 0 bridgehead atoms. The molecule has 0 aromatic rings. The molecule has 15 heavy (non-hydrogen) atoms. The molecule has 0 aliphatic carbocycles. The van der Waals surface area contributed by atoms with E-state index in [0.29, 0.717) is 6.42 Å². The van der Waals surface area contributed by atoms with E-state index in [-0.39, 0.29) is 5.41 Å². The number of likely N-dealkylation sites (tertiary alicyclic amines) is 1. The molecule has 1 heterocycles. The molecule has 1 aliphatic rings. The van der Waals surface area contributed by atoms with Gasteiger partial charge in [0.1, 0.15) is 0 Å². The molecule has 1 N–H and O–H groups in total. The van der Waals surface area contributed by atoms with Gasteiger partial charge in [-0.15, -0.1) is 0 Å². The van der Waals surface area contributed by atoms with Gasteiger partial charge in [-0.1, -0.05) is 13.8 Å². The van der Waals surface area contributed by atoms with Gasteiger partial charge in [-0.3, -0.25) is 4.79 Å². The standard InChI is InChI=1S/C12H23NO2/c1-12(2,6-5-11(14)15)7-10-13-8-3-4-9-13/h3-10H2,1-2H3,(H,14,15). The van der Waals surface area contributed by atoms with Gasteiger partial charge in [0, 0.05) is 6.42 Å². The number of carbonyl (C=O) groups is 1. The summed E-state index contributed by atoms with van der Waals surface area (Å²) in [6, 6.07) is 0. The average molecular weight is 213 g/mol. The Hall–Kier alpha value is -0.570. The Bertz CT molecular complexity index is 208. The van der Waals surface area contributed by atoms with Crippen LogP contribution in [0.15, 0.2) is 0 Å². The molecule has 0 aromatic carbocycles.